The van der Waals surface area contributed by atoms with Crippen LogP contribution in [0.25, 0.3) is 10.2 Å². The highest BCUT2D eigenvalue weighted by Gasteiger charge is 2.51. The number of aromatic nitrogens is 2. The number of nitrogens with zero attached hydrogens (tertiary/aromatic N) is 2. The number of rotatable bonds is 2. The van der Waals surface area contributed by atoms with Crippen molar-refractivity contribution in [1.82, 2.24) is 9.36 Å². The minimum Gasteiger partial charge on any atom is -0.399 e. The van der Waals surface area contributed by atoms with Gasteiger partial charge in [0.15, 0.2) is 6.29 Å². The average molecular weight is 290 g/mol. The summed E-state index contributed by atoms with van der Waals surface area (Å²) >= 11 is 1.22. The van der Waals surface area contributed by atoms with E-state index in [2.05, 4.69) is 9.36 Å². The summed E-state index contributed by atoms with van der Waals surface area (Å²) in [7, 11) is -0.476. The van der Waals surface area contributed by atoms with E-state index in [0.717, 1.165) is 22.0 Å². The van der Waals surface area contributed by atoms with Gasteiger partial charge >= 0.3 is 7.12 Å². The molecule has 3 heterocycles. The van der Waals surface area contributed by atoms with Crippen LogP contribution in [0.4, 0.5) is 0 Å². The number of pyridine rings is 1. The Morgan fingerprint density at radius 3 is 2.50 bits per heavy atom. The Kier molecular flexibility index (Phi) is 2.97. The predicted molar refractivity (Wildman–Crippen MR) is 78.5 cm³/mol. The summed E-state index contributed by atoms with van der Waals surface area (Å²) in [5.74, 6) is 0. The summed E-state index contributed by atoms with van der Waals surface area (Å²) in [5, 5.41) is 0.747. The molecule has 0 bridgehead atoms. The molecule has 2 aromatic heterocycles. The molecule has 0 unspecified atom stereocenters. The first-order chi connectivity index (χ1) is 9.34. The molecule has 5 nitrogen and oxygen atoms in total. The summed E-state index contributed by atoms with van der Waals surface area (Å²) < 4.78 is 16.0. The molecule has 0 aliphatic carbocycles. The SMILES string of the molecule is CC1(C)OB(c2cnc3snc(C=O)c3c2)OC1(C)C. The summed E-state index contributed by atoms with van der Waals surface area (Å²) in [5.41, 5.74) is 0.426. The summed E-state index contributed by atoms with van der Waals surface area (Å²) in [6.45, 7) is 8.01. The lowest BCUT2D eigenvalue weighted by molar-refractivity contribution is 0.00578. The second-order valence-corrected chi connectivity index (χ2v) is 6.65. The highest BCUT2D eigenvalue weighted by Crippen LogP contribution is 2.36. The van der Waals surface area contributed by atoms with Crippen molar-refractivity contribution < 1.29 is 14.1 Å². The smallest absolute Gasteiger partial charge is 0.399 e. The third kappa shape index (κ3) is 1.97. The normalized spacial score (nSPS) is 20.5. The van der Waals surface area contributed by atoms with E-state index < -0.39 is 18.3 Å². The number of hydrogen-bond acceptors (Lipinski definition) is 6. The average Bonchev–Trinajstić information content (AvgIpc) is 2.87. The Morgan fingerprint density at radius 1 is 1.25 bits per heavy atom. The molecule has 3 rings (SSSR count). The van der Waals surface area contributed by atoms with E-state index in [-0.39, 0.29) is 0 Å². The molecule has 0 saturated carbocycles. The van der Waals surface area contributed by atoms with Crippen LogP contribution in [0.5, 0.6) is 0 Å². The first kappa shape index (κ1) is 13.7. The van der Waals surface area contributed by atoms with E-state index in [1.807, 2.05) is 33.8 Å². The second kappa shape index (κ2) is 4.34. The maximum Gasteiger partial charge on any atom is 0.496 e. The molecular weight excluding hydrogens is 275 g/mol. The molecule has 0 N–H and O–H groups in total. The largest absolute Gasteiger partial charge is 0.496 e. The quantitative estimate of drug-likeness (QED) is 0.623. The van der Waals surface area contributed by atoms with Gasteiger partial charge in [-0.2, -0.15) is 4.37 Å². The maximum absolute atomic E-state index is 11.0. The highest BCUT2D eigenvalue weighted by molar-refractivity contribution is 7.13. The van der Waals surface area contributed by atoms with Crippen molar-refractivity contribution in [3.05, 3.63) is 18.0 Å². The highest BCUT2D eigenvalue weighted by atomic mass is 32.1. The predicted octanol–water partition coefficient (Wildman–Crippen LogP) is 1.80. The van der Waals surface area contributed by atoms with Gasteiger partial charge in [0.1, 0.15) is 10.5 Å². The van der Waals surface area contributed by atoms with Gasteiger partial charge in [0.05, 0.1) is 11.2 Å². The third-order valence-electron chi connectivity index (χ3n) is 4.02. The number of hydrogen-bond donors (Lipinski definition) is 0. The monoisotopic (exact) mass is 290 g/mol. The number of carbonyl (C=O) groups excluding carboxylic acids is 1. The van der Waals surface area contributed by atoms with Crippen molar-refractivity contribution in [3.63, 3.8) is 0 Å². The molecule has 104 valence electrons. The van der Waals surface area contributed by atoms with Crippen LogP contribution in [-0.2, 0) is 9.31 Å². The Balaban J connectivity index is 2.01. The molecule has 0 radical (unpaired) electrons. The second-order valence-electron chi connectivity index (χ2n) is 5.90. The van der Waals surface area contributed by atoms with Gasteiger partial charge in [0.25, 0.3) is 0 Å². The molecule has 1 aliphatic heterocycles. The molecule has 1 saturated heterocycles. The molecule has 1 aliphatic rings. The van der Waals surface area contributed by atoms with Crippen LogP contribution in [0.1, 0.15) is 38.2 Å². The Bertz CT molecular complexity index is 667. The van der Waals surface area contributed by atoms with Crippen molar-refractivity contribution in [2.75, 3.05) is 0 Å². The maximum atomic E-state index is 11.0. The lowest BCUT2D eigenvalue weighted by Gasteiger charge is -2.32. The first-order valence-electron chi connectivity index (χ1n) is 6.40. The van der Waals surface area contributed by atoms with E-state index in [1.54, 1.807) is 6.20 Å². The van der Waals surface area contributed by atoms with Crippen LogP contribution in [0.3, 0.4) is 0 Å². The van der Waals surface area contributed by atoms with Gasteiger partial charge in [-0.25, -0.2) is 4.98 Å². The van der Waals surface area contributed by atoms with Crippen molar-refractivity contribution in [2.45, 2.75) is 38.9 Å². The molecule has 1 fully saturated rings. The van der Waals surface area contributed by atoms with Crippen LogP contribution in [0.2, 0.25) is 0 Å². The van der Waals surface area contributed by atoms with Gasteiger partial charge in [-0.05, 0) is 45.3 Å². The molecule has 7 heteroatoms. The van der Waals surface area contributed by atoms with Crippen LogP contribution < -0.4 is 5.46 Å². The van der Waals surface area contributed by atoms with Crippen molar-refractivity contribution in [3.8, 4) is 0 Å². The summed E-state index contributed by atoms with van der Waals surface area (Å²) in [4.78, 5) is 16.0. The van der Waals surface area contributed by atoms with Gasteiger partial charge in [-0.15, -0.1) is 0 Å². The van der Waals surface area contributed by atoms with E-state index in [4.69, 9.17) is 9.31 Å². The van der Waals surface area contributed by atoms with Crippen molar-refractivity contribution in [1.29, 1.82) is 0 Å². The van der Waals surface area contributed by atoms with E-state index in [9.17, 15) is 4.79 Å². The van der Waals surface area contributed by atoms with Crippen LogP contribution in [0, 0.1) is 0 Å². The molecule has 20 heavy (non-hydrogen) atoms. The van der Waals surface area contributed by atoms with Crippen molar-refractivity contribution >= 4 is 40.6 Å². The summed E-state index contributed by atoms with van der Waals surface area (Å²) in [6.07, 6.45) is 2.46. The molecule has 0 amide bonds. The van der Waals surface area contributed by atoms with E-state index in [1.165, 1.54) is 11.5 Å². The Hall–Kier alpha value is -1.31. The van der Waals surface area contributed by atoms with Gasteiger partial charge < -0.3 is 9.31 Å². The van der Waals surface area contributed by atoms with Gasteiger partial charge in [-0.1, -0.05) is 0 Å². The fourth-order valence-corrected chi connectivity index (χ4v) is 2.75. The van der Waals surface area contributed by atoms with E-state index >= 15 is 0 Å². The molecule has 0 atom stereocenters. The molecule has 0 aromatic carbocycles. The Morgan fingerprint density at radius 2 is 1.90 bits per heavy atom. The standard InChI is InChI=1S/C13H15BN2O3S/c1-12(2)13(3,4)19-14(18-12)8-5-9-10(7-17)16-20-11(9)15-6-8/h5-7H,1-4H3. The van der Waals surface area contributed by atoms with Crippen LogP contribution in [0.15, 0.2) is 12.3 Å². The minimum atomic E-state index is -0.476. The van der Waals surface area contributed by atoms with Gasteiger partial charge in [-0.3, -0.25) is 4.79 Å². The lowest BCUT2D eigenvalue weighted by Crippen LogP contribution is -2.41. The molecule has 2 aromatic rings. The van der Waals surface area contributed by atoms with E-state index in [0.29, 0.717) is 5.69 Å². The van der Waals surface area contributed by atoms with Gasteiger partial charge in [0.2, 0.25) is 0 Å². The topological polar surface area (TPSA) is 61.3 Å². The third-order valence-corrected chi connectivity index (χ3v) is 4.80. The fourth-order valence-electron chi connectivity index (χ4n) is 2.06. The lowest BCUT2D eigenvalue weighted by atomic mass is 9.80. The number of aldehydes is 1. The first-order valence-corrected chi connectivity index (χ1v) is 7.17. The van der Waals surface area contributed by atoms with Gasteiger partial charge in [0, 0.05) is 17.0 Å². The fraction of sp³-hybridized carbons (Fsp3) is 0.462. The minimum absolute atomic E-state index is 0.396. The zero-order chi connectivity index (χ0) is 14.5. The Labute approximate surface area is 121 Å². The zero-order valence-corrected chi connectivity index (χ0v) is 12.7. The van der Waals surface area contributed by atoms with Crippen molar-refractivity contribution in [2.24, 2.45) is 0 Å². The van der Waals surface area contributed by atoms with Crippen LogP contribution in [-0.4, -0.2) is 34.0 Å². The molecular formula is C13H15BN2O3S. The number of carbonyl (C=O) groups is 1. The summed E-state index contributed by atoms with van der Waals surface area (Å²) in [6, 6.07) is 1.87. The molecule has 0 spiro atoms. The zero-order valence-electron chi connectivity index (χ0n) is 11.8. The van der Waals surface area contributed by atoms with Crippen LogP contribution >= 0.6 is 11.5 Å². The number of fused-ring (bicyclic) bond motifs is 1.